The number of hydrogen-bond donors (Lipinski definition) is 3. The lowest BCUT2D eigenvalue weighted by molar-refractivity contribution is -0.123. The summed E-state index contributed by atoms with van der Waals surface area (Å²) in [6.45, 7) is 0.881. The Kier molecular flexibility index (Phi) is 7.21. The Labute approximate surface area is 195 Å². The molecule has 3 aliphatic rings. The molecular weight excluding hydrogens is 447 g/mol. The van der Waals surface area contributed by atoms with Crippen molar-refractivity contribution >= 4 is 30.1 Å². The van der Waals surface area contributed by atoms with Gasteiger partial charge >= 0.3 is 6.09 Å². The second-order valence-corrected chi connectivity index (χ2v) is 8.15. The van der Waals surface area contributed by atoms with Crippen molar-refractivity contribution in [3.63, 3.8) is 0 Å². The van der Waals surface area contributed by atoms with Crippen molar-refractivity contribution in [3.05, 3.63) is 47.3 Å². The molecule has 2 atom stereocenters. The van der Waals surface area contributed by atoms with E-state index in [-0.39, 0.29) is 36.9 Å². The zero-order valence-electron chi connectivity index (χ0n) is 18.3. The smallest absolute Gasteiger partial charge is 0.415 e. The molecule has 3 N–H and O–H groups in total. The van der Waals surface area contributed by atoms with Crippen LogP contribution in [0.3, 0.4) is 0 Å². The maximum atomic E-state index is 13.9. The van der Waals surface area contributed by atoms with Gasteiger partial charge < -0.3 is 25.2 Å². The minimum Gasteiger partial charge on any atom is -0.483 e. The average molecular weight is 472 g/mol. The summed E-state index contributed by atoms with van der Waals surface area (Å²) in [5.41, 5.74) is 1.90. The number of nitrogens with one attached hydrogen (secondary N) is 2. The Morgan fingerprint density at radius 3 is 2.88 bits per heavy atom. The fourth-order valence-electron chi connectivity index (χ4n) is 4.35. The number of carbonyl (C=O) groups excluding carboxylic acids is 2. The van der Waals surface area contributed by atoms with E-state index in [1.165, 1.54) is 11.0 Å². The van der Waals surface area contributed by atoms with Gasteiger partial charge in [-0.15, -0.1) is 0 Å². The van der Waals surface area contributed by atoms with Crippen molar-refractivity contribution in [2.24, 2.45) is 0 Å². The van der Waals surface area contributed by atoms with Gasteiger partial charge in [0.1, 0.15) is 17.7 Å². The van der Waals surface area contributed by atoms with Crippen molar-refractivity contribution in [2.75, 3.05) is 29.9 Å². The summed E-state index contributed by atoms with van der Waals surface area (Å²) in [7, 11) is 0. The molecule has 2 aliphatic heterocycles. The van der Waals surface area contributed by atoms with E-state index in [2.05, 4.69) is 15.6 Å². The Morgan fingerprint density at radius 1 is 1.26 bits per heavy atom. The molecule has 0 saturated carbocycles. The number of halogens is 1. The highest BCUT2D eigenvalue weighted by Crippen LogP contribution is 2.30. The minimum absolute atomic E-state index is 0.0439. The topological polar surface area (TPSA) is 130 Å². The Bertz CT molecular complexity index is 1080. The second-order valence-electron chi connectivity index (χ2n) is 8.15. The molecule has 0 radical (unpaired) electrons. The first-order valence-corrected chi connectivity index (χ1v) is 11.0. The molecule has 0 bridgehead atoms. The van der Waals surface area contributed by atoms with Gasteiger partial charge in [0.05, 0.1) is 6.54 Å². The number of pyridine rings is 1. The van der Waals surface area contributed by atoms with E-state index in [9.17, 15) is 14.0 Å². The molecule has 1 saturated heterocycles. The van der Waals surface area contributed by atoms with Crippen LogP contribution in [-0.4, -0.2) is 60.4 Å². The van der Waals surface area contributed by atoms with Crippen molar-refractivity contribution < 1.29 is 33.4 Å². The fraction of sp³-hybridized carbons (Fsp3) is 0.391. The molecule has 10 nitrogen and oxygen atoms in total. The van der Waals surface area contributed by atoms with E-state index in [0.717, 1.165) is 30.5 Å². The molecule has 2 amide bonds. The maximum absolute atomic E-state index is 13.9. The normalized spacial score (nSPS) is 20.3. The van der Waals surface area contributed by atoms with E-state index in [1.807, 2.05) is 6.07 Å². The summed E-state index contributed by atoms with van der Waals surface area (Å²) in [6, 6.07) is 8.86. The molecular formula is C23H25FN4O6. The quantitative estimate of drug-likeness (QED) is 0.431. The minimum atomic E-state index is -0.449. The monoisotopic (exact) mass is 472 g/mol. The molecule has 1 aromatic carbocycles. The molecule has 1 fully saturated rings. The van der Waals surface area contributed by atoms with Crippen LogP contribution in [0.15, 0.2) is 30.3 Å². The first-order chi connectivity index (χ1) is 16.5. The van der Waals surface area contributed by atoms with E-state index < -0.39 is 6.09 Å². The summed E-state index contributed by atoms with van der Waals surface area (Å²) in [6.07, 6.45) is 2.42. The predicted octanol–water partition coefficient (Wildman–Crippen LogP) is 2.11. The standard InChI is InChI=1S/C22H23FN4O4.CH2O2/c23-17-5-1-3-13-9-14(10-16(13)17)24-8-2-4-15-11-27(22(29)31-15)19-7-6-18-21(25-19)26-20(28)12-30-18;2-1-3/h1,3,5-7,14-15,24H,2,4,8-12H2,(H,25,26,28);1H,(H,2,3). The number of nitrogens with zero attached hydrogens (tertiary/aromatic N) is 2. The number of benzene rings is 1. The van der Waals surface area contributed by atoms with Crippen LogP contribution in [0, 0.1) is 5.82 Å². The predicted molar refractivity (Wildman–Crippen MR) is 120 cm³/mol. The lowest BCUT2D eigenvalue weighted by Gasteiger charge is -2.19. The van der Waals surface area contributed by atoms with Crippen molar-refractivity contribution in [1.82, 2.24) is 10.3 Å². The van der Waals surface area contributed by atoms with Crippen molar-refractivity contribution in [2.45, 2.75) is 37.8 Å². The maximum Gasteiger partial charge on any atom is 0.415 e. The molecule has 3 heterocycles. The highest BCUT2D eigenvalue weighted by Gasteiger charge is 2.33. The molecule has 5 rings (SSSR count). The highest BCUT2D eigenvalue weighted by atomic mass is 19.1. The number of amides is 2. The molecule has 0 spiro atoms. The summed E-state index contributed by atoms with van der Waals surface area (Å²) < 4.78 is 24.7. The van der Waals surface area contributed by atoms with Crippen LogP contribution < -0.4 is 20.3 Å². The van der Waals surface area contributed by atoms with Crippen LogP contribution in [-0.2, 0) is 27.2 Å². The van der Waals surface area contributed by atoms with Gasteiger partial charge in [-0.1, -0.05) is 12.1 Å². The molecule has 1 aliphatic carbocycles. The fourth-order valence-corrected chi connectivity index (χ4v) is 4.35. The van der Waals surface area contributed by atoms with Crippen LogP contribution in [0.5, 0.6) is 5.75 Å². The lowest BCUT2D eigenvalue weighted by Crippen LogP contribution is -2.31. The third kappa shape index (κ3) is 5.25. The average Bonchev–Trinajstić information content (AvgIpc) is 3.40. The van der Waals surface area contributed by atoms with Gasteiger partial charge in [-0.2, -0.15) is 0 Å². The number of rotatable bonds is 6. The summed E-state index contributed by atoms with van der Waals surface area (Å²) in [5.74, 6) is 0.804. The van der Waals surface area contributed by atoms with Crippen molar-refractivity contribution in [3.8, 4) is 5.75 Å². The van der Waals surface area contributed by atoms with Crippen LogP contribution in [0.1, 0.15) is 24.0 Å². The van der Waals surface area contributed by atoms with Gasteiger partial charge in [0.25, 0.3) is 12.4 Å². The summed E-state index contributed by atoms with van der Waals surface area (Å²) in [5, 5.41) is 13.0. The number of aromatic nitrogens is 1. The molecule has 1 aromatic heterocycles. The summed E-state index contributed by atoms with van der Waals surface area (Å²) >= 11 is 0. The van der Waals surface area contributed by atoms with E-state index in [0.29, 0.717) is 36.8 Å². The van der Waals surface area contributed by atoms with E-state index >= 15 is 0 Å². The molecule has 2 unspecified atom stereocenters. The number of hydrogen-bond acceptors (Lipinski definition) is 7. The van der Waals surface area contributed by atoms with Gasteiger partial charge in [-0.05, 0) is 61.6 Å². The molecule has 180 valence electrons. The van der Waals surface area contributed by atoms with Gasteiger partial charge in [0.15, 0.2) is 18.2 Å². The van der Waals surface area contributed by atoms with Crippen LogP contribution in [0.2, 0.25) is 0 Å². The first-order valence-electron chi connectivity index (χ1n) is 11.0. The molecule has 2 aromatic rings. The van der Waals surface area contributed by atoms with Crippen LogP contribution >= 0.6 is 0 Å². The Morgan fingerprint density at radius 2 is 2.09 bits per heavy atom. The summed E-state index contributed by atoms with van der Waals surface area (Å²) in [4.78, 5) is 38.0. The van der Waals surface area contributed by atoms with Crippen LogP contribution in [0.4, 0.5) is 20.8 Å². The van der Waals surface area contributed by atoms with Gasteiger partial charge in [0.2, 0.25) is 0 Å². The second kappa shape index (κ2) is 10.5. The largest absolute Gasteiger partial charge is 0.483 e. The molecule has 11 heteroatoms. The Hall–Kier alpha value is -3.73. The zero-order chi connectivity index (χ0) is 24.1. The SMILES string of the molecule is O=C1COc2ccc(N3CC(CCCNC4Cc5cccc(F)c5C4)OC3=O)nc2N1.O=CO. The number of carboxylic acid groups (broad SMARTS) is 1. The highest BCUT2D eigenvalue weighted by molar-refractivity contribution is 5.95. The van der Waals surface area contributed by atoms with Crippen LogP contribution in [0.25, 0.3) is 0 Å². The third-order valence-corrected chi connectivity index (χ3v) is 5.88. The number of carbonyl (C=O) groups is 3. The number of anilines is 2. The number of cyclic esters (lactones) is 1. The van der Waals surface area contributed by atoms with Gasteiger partial charge in [0, 0.05) is 6.04 Å². The Balaban J connectivity index is 0.000000868. The van der Waals surface area contributed by atoms with E-state index in [1.54, 1.807) is 18.2 Å². The third-order valence-electron chi connectivity index (χ3n) is 5.88. The first kappa shape index (κ1) is 23.4. The number of fused-ring (bicyclic) bond motifs is 2. The lowest BCUT2D eigenvalue weighted by atomic mass is 10.1. The van der Waals surface area contributed by atoms with Crippen molar-refractivity contribution in [1.29, 1.82) is 0 Å². The van der Waals surface area contributed by atoms with Gasteiger partial charge in [-0.25, -0.2) is 14.2 Å². The molecule has 34 heavy (non-hydrogen) atoms. The van der Waals surface area contributed by atoms with E-state index in [4.69, 9.17) is 19.4 Å². The van der Waals surface area contributed by atoms with Gasteiger partial charge in [-0.3, -0.25) is 14.5 Å². The zero-order valence-corrected chi connectivity index (χ0v) is 18.3. The number of ether oxygens (including phenoxy) is 2.